The molecular formula is C39H26N2S. The van der Waals surface area contributed by atoms with Crippen LogP contribution >= 0.6 is 11.8 Å². The maximum atomic E-state index is 4.67. The van der Waals surface area contributed by atoms with Crippen LogP contribution in [-0.2, 0) is 0 Å². The Kier molecular flexibility index (Phi) is 5.90. The van der Waals surface area contributed by atoms with Crippen molar-refractivity contribution in [2.24, 2.45) is 0 Å². The number of hydrogen-bond acceptors (Lipinski definition) is 2. The second kappa shape index (κ2) is 10.1. The van der Waals surface area contributed by atoms with E-state index >= 15 is 0 Å². The van der Waals surface area contributed by atoms with E-state index in [0.717, 1.165) is 16.9 Å². The van der Waals surface area contributed by atoms with Crippen molar-refractivity contribution in [3.05, 3.63) is 156 Å². The predicted octanol–water partition coefficient (Wildman–Crippen LogP) is 8.77. The van der Waals surface area contributed by atoms with Crippen molar-refractivity contribution >= 4 is 45.7 Å². The molecule has 1 aliphatic heterocycles. The Bertz CT molecular complexity index is 2290. The van der Waals surface area contributed by atoms with Gasteiger partial charge in [-0.15, -0.1) is 0 Å². The molecule has 0 unspecified atom stereocenters. The van der Waals surface area contributed by atoms with Crippen molar-refractivity contribution in [2.75, 3.05) is 0 Å². The van der Waals surface area contributed by atoms with Gasteiger partial charge in [-0.1, -0.05) is 97.2 Å². The van der Waals surface area contributed by atoms with Crippen LogP contribution in [0.15, 0.2) is 150 Å². The van der Waals surface area contributed by atoms with Crippen molar-refractivity contribution in [3.63, 3.8) is 0 Å². The largest absolute Gasteiger partial charge is 0.309 e. The lowest BCUT2D eigenvalue weighted by atomic mass is 10.00. The Hall–Kier alpha value is -5.12. The molecule has 0 saturated heterocycles. The number of fused-ring (bicyclic) bond motifs is 5. The van der Waals surface area contributed by atoms with Crippen LogP contribution in [0.4, 0.5) is 0 Å². The Morgan fingerprint density at radius 3 is 2.38 bits per heavy atom. The van der Waals surface area contributed by atoms with Gasteiger partial charge in [0.1, 0.15) is 0 Å². The summed E-state index contributed by atoms with van der Waals surface area (Å²) < 4.78 is 2.38. The van der Waals surface area contributed by atoms with Crippen molar-refractivity contribution in [3.8, 4) is 28.1 Å². The summed E-state index contributed by atoms with van der Waals surface area (Å²) in [7, 11) is 0. The first-order valence-corrected chi connectivity index (χ1v) is 14.9. The molecule has 0 fully saturated rings. The second-order valence-electron chi connectivity index (χ2n) is 10.5. The molecule has 0 aliphatic carbocycles. The van der Waals surface area contributed by atoms with Crippen LogP contribution in [0.1, 0.15) is 5.56 Å². The van der Waals surface area contributed by atoms with Crippen LogP contribution in [0.3, 0.4) is 0 Å². The molecule has 42 heavy (non-hydrogen) atoms. The summed E-state index contributed by atoms with van der Waals surface area (Å²) in [6.07, 6.45) is 8.12. The number of nitrogens with zero attached hydrogens (tertiary/aromatic N) is 2. The van der Waals surface area contributed by atoms with Gasteiger partial charge in [-0.05, 0) is 87.8 Å². The lowest BCUT2D eigenvalue weighted by Crippen LogP contribution is -2.27. The molecule has 2 nitrogen and oxygen atoms in total. The molecule has 8 rings (SSSR count). The van der Waals surface area contributed by atoms with E-state index in [2.05, 4.69) is 137 Å². The highest BCUT2D eigenvalue weighted by molar-refractivity contribution is 7.99. The maximum Gasteiger partial charge on any atom is 0.0723 e. The zero-order valence-corrected chi connectivity index (χ0v) is 23.7. The van der Waals surface area contributed by atoms with Crippen LogP contribution in [0.5, 0.6) is 0 Å². The lowest BCUT2D eigenvalue weighted by Gasteiger charge is -2.15. The highest BCUT2D eigenvalue weighted by Crippen LogP contribution is 2.39. The molecule has 198 valence electrons. The molecule has 0 saturated carbocycles. The first-order valence-electron chi connectivity index (χ1n) is 14.1. The number of rotatable bonds is 4. The third kappa shape index (κ3) is 4.01. The zero-order chi connectivity index (χ0) is 28.0. The molecule has 3 heterocycles. The molecule has 1 aliphatic rings. The van der Waals surface area contributed by atoms with Crippen LogP contribution in [0, 0.1) is 0 Å². The molecule has 0 amide bonds. The predicted molar refractivity (Wildman–Crippen MR) is 177 cm³/mol. The van der Waals surface area contributed by atoms with Crippen LogP contribution in [0.25, 0.3) is 62.0 Å². The van der Waals surface area contributed by atoms with E-state index in [1.807, 2.05) is 36.2 Å². The first-order chi connectivity index (χ1) is 20.8. The molecule has 2 aromatic heterocycles. The van der Waals surface area contributed by atoms with Crippen LogP contribution < -0.4 is 10.4 Å². The third-order valence-electron chi connectivity index (χ3n) is 8.02. The summed E-state index contributed by atoms with van der Waals surface area (Å²) >= 11 is 1.84. The number of benzene rings is 5. The molecular weight excluding hydrogens is 529 g/mol. The highest BCUT2D eigenvalue weighted by Gasteiger charge is 2.17. The third-order valence-corrected chi connectivity index (χ3v) is 9.19. The van der Waals surface area contributed by atoms with E-state index < -0.39 is 0 Å². The number of aromatic nitrogens is 2. The topological polar surface area (TPSA) is 17.8 Å². The minimum Gasteiger partial charge on any atom is -0.309 e. The van der Waals surface area contributed by atoms with Crippen LogP contribution in [0.2, 0.25) is 0 Å². The van der Waals surface area contributed by atoms with E-state index in [0.29, 0.717) is 0 Å². The molecule has 0 spiro atoms. The zero-order valence-electron chi connectivity index (χ0n) is 22.9. The van der Waals surface area contributed by atoms with Gasteiger partial charge in [-0.2, -0.15) is 0 Å². The number of pyridine rings is 1. The Labute approximate surface area is 248 Å². The minimum absolute atomic E-state index is 0.967. The van der Waals surface area contributed by atoms with Gasteiger partial charge in [0.25, 0.3) is 0 Å². The fourth-order valence-corrected chi connectivity index (χ4v) is 7.15. The Balaban J connectivity index is 1.31. The monoisotopic (exact) mass is 554 g/mol. The van der Waals surface area contributed by atoms with Gasteiger partial charge in [0.05, 0.1) is 22.4 Å². The summed E-state index contributed by atoms with van der Waals surface area (Å²) in [4.78, 5) is 7.24. The summed E-state index contributed by atoms with van der Waals surface area (Å²) in [5.41, 5.74) is 9.25. The van der Waals surface area contributed by atoms with E-state index in [1.54, 1.807) is 0 Å². The van der Waals surface area contributed by atoms with E-state index in [1.165, 1.54) is 58.7 Å². The molecule has 3 heteroatoms. The summed E-state index contributed by atoms with van der Waals surface area (Å²) in [6.45, 7) is 3.91. The standard InChI is InChI=1S/C39H26N2S/c1-2-10-26-11-9-17-39-32(26)25-29-23-27(19-21-38(29)42-39)28-18-20-37-33(24-28)30-12-3-5-15-35(30)41(37)36-16-6-4-13-31(36)34-14-7-8-22-40-34/h2-25H,1H2/b26-10-. The van der Waals surface area contributed by atoms with E-state index in [4.69, 9.17) is 0 Å². The molecule has 0 radical (unpaired) electrons. The molecule has 0 atom stereocenters. The molecule has 5 aromatic carbocycles. The quantitative estimate of drug-likeness (QED) is 0.216. The minimum atomic E-state index is 0.967. The normalized spacial score (nSPS) is 12.6. The van der Waals surface area contributed by atoms with Crippen molar-refractivity contribution in [2.45, 2.75) is 9.79 Å². The summed E-state index contributed by atoms with van der Waals surface area (Å²) in [6, 6.07) is 43.5. The van der Waals surface area contributed by atoms with Gasteiger partial charge in [0, 0.05) is 32.3 Å². The first kappa shape index (κ1) is 24.7. The number of allylic oxidation sites excluding steroid dienone is 1. The summed E-state index contributed by atoms with van der Waals surface area (Å²) in [5, 5.41) is 4.94. The van der Waals surface area contributed by atoms with Gasteiger partial charge in [0.15, 0.2) is 0 Å². The van der Waals surface area contributed by atoms with Gasteiger partial charge in [0.2, 0.25) is 0 Å². The van der Waals surface area contributed by atoms with Gasteiger partial charge in [-0.3, -0.25) is 4.98 Å². The summed E-state index contributed by atoms with van der Waals surface area (Å²) in [5.74, 6) is 0. The van der Waals surface area contributed by atoms with Gasteiger partial charge < -0.3 is 4.57 Å². The van der Waals surface area contributed by atoms with E-state index in [-0.39, 0.29) is 0 Å². The van der Waals surface area contributed by atoms with Crippen LogP contribution in [-0.4, -0.2) is 9.55 Å². The number of para-hydroxylation sites is 2. The molecule has 0 bridgehead atoms. The fourth-order valence-electron chi connectivity index (χ4n) is 6.10. The molecule has 7 aromatic rings. The maximum absolute atomic E-state index is 4.67. The number of hydrogen-bond donors (Lipinski definition) is 0. The lowest BCUT2D eigenvalue weighted by molar-refractivity contribution is 1.17. The Morgan fingerprint density at radius 2 is 1.48 bits per heavy atom. The average Bonchev–Trinajstić information content (AvgIpc) is 3.38. The fraction of sp³-hybridized carbons (Fsp3) is 0. The van der Waals surface area contributed by atoms with Gasteiger partial charge >= 0.3 is 0 Å². The average molecular weight is 555 g/mol. The van der Waals surface area contributed by atoms with E-state index in [9.17, 15) is 0 Å². The van der Waals surface area contributed by atoms with Crippen molar-refractivity contribution in [1.82, 2.24) is 9.55 Å². The highest BCUT2D eigenvalue weighted by atomic mass is 32.2. The Morgan fingerprint density at radius 1 is 0.667 bits per heavy atom. The molecule has 0 N–H and O–H groups in total. The SMILES string of the molecule is C=C/C=c1/cccc2c1=Cc1cc(-c3ccc4c(c3)c3ccccc3n4-c3ccccc3-c3ccccn3)ccc1S2. The smallest absolute Gasteiger partial charge is 0.0723 e. The van der Waals surface area contributed by atoms with Gasteiger partial charge in [-0.25, -0.2) is 0 Å². The second-order valence-corrected chi connectivity index (χ2v) is 11.6. The van der Waals surface area contributed by atoms with Crippen molar-refractivity contribution < 1.29 is 0 Å². The van der Waals surface area contributed by atoms with Crippen molar-refractivity contribution in [1.29, 1.82) is 0 Å².